The molecule has 0 fully saturated rings. The number of nitrogens with one attached hydrogen (secondary N) is 2. The molecular weight excluding hydrogens is 193 g/mol. The van der Waals surface area contributed by atoms with E-state index in [4.69, 9.17) is 10.8 Å². The lowest BCUT2D eigenvalue weighted by molar-refractivity contribution is 0.598. The summed E-state index contributed by atoms with van der Waals surface area (Å²) in [5, 5.41) is 14.2. The summed E-state index contributed by atoms with van der Waals surface area (Å²) in [6, 6.07) is 4.58. The highest BCUT2D eigenvalue weighted by Crippen LogP contribution is 2.23. The van der Waals surface area contributed by atoms with Gasteiger partial charge in [0.15, 0.2) is 0 Å². The molecule has 0 aliphatic rings. The highest BCUT2D eigenvalue weighted by molar-refractivity contribution is 5.97. The first-order chi connectivity index (χ1) is 7.10. The van der Waals surface area contributed by atoms with Crippen LogP contribution in [0, 0.1) is 16.6 Å². The fourth-order valence-corrected chi connectivity index (χ4v) is 1.32. The maximum Gasteiger partial charge on any atom is 0.126 e. The van der Waals surface area contributed by atoms with Gasteiger partial charge in [0.05, 0.1) is 12.7 Å². The van der Waals surface area contributed by atoms with E-state index in [1.54, 1.807) is 12.1 Å². The Morgan fingerprint density at radius 1 is 1.27 bits per heavy atom. The van der Waals surface area contributed by atoms with E-state index in [2.05, 4.69) is 0 Å². The van der Waals surface area contributed by atoms with Crippen LogP contribution in [0.1, 0.15) is 25.3 Å². The molecule has 0 atom stereocenters. The zero-order valence-electron chi connectivity index (χ0n) is 8.79. The first-order valence-corrected chi connectivity index (χ1v) is 4.69. The molecule has 0 aliphatic carbocycles. The molecule has 0 unspecified atom stereocenters. The van der Waals surface area contributed by atoms with Gasteiger partial charge in [0.2, 0.25) is 0 Å². The number of hydrogen-bond donors (Lipinski definition) is 2. The normalized spacial score (nSPS) is 10.1. The fourth-order valence-electron chi connectivity index (χ4n) is 1.32. The molecule has 0 amide bonds. The second-order valence-corrected chi connectivity index (χ2v) is 3.53. The van der Waals surface area contributed by atoms with Crippen molar-refractivity contribution in [1.29, 1.82) is 10.8 Å². The second kappa shape index (κ2) is 4.68. The van der Waals surface area contributed by atoms with Crippen molar-refractivity contribution < 1.29 is 4.39 Å². The fraction of sp³-hybridized carbons (Fsp3) is 0.273. The Morgan fingerprint density at radius 3 is 2.33 bits per heavy atom. The molecule has 1 rings (SSSR count). The van der Waals surface area contributed by atoms with Gasteiger partial charge in [-0.3, -0.25) is 15.7 Å². The molecule has 1 aromatic carbocycles. The first kappa shape index (κ1) is 11.4. The third kappa shape index (κ3) is 2.40. The molecule has 0 aromatic heterocycles. The monoisotopic (exact) mass is 207 g/mol. The summed E-state index contributed by atoms with van der Waals surface area (Å²) in [4.78, 5) is 1.31. The molecule has 2 N–H and O–H groups in total. The third-order valence-corrected chi connectivity index (χ3v) is 2.18. The van der Waals surface area contributed by atoms with Gasteiger partial charge in [0.1, 0.15) is 5.82 Å². The predicted octanol–water partition coefficient (Wildman–Crippen LogP) is 2.97. The Bertz CT molecular complexity index is 366. The highest BCUT2D eigenvalue weighted by atomic mass is 19.1. The topological polar surface area (TPSA) is 50.9 Å². The van der Waals surface area contributed by atoms with E-state index in [1.807, 2.05) is 13.8 Å². The van der Waals surface area contributed by atoms with Crippen LogP contribution in [0.2, 0.25) is 0 Å². The molecule has 0 saturated heterocycles. The molecule has 3 nitrogen and oxygen atoms in total. The second-order valence-electron chi connectivity index (χ2n) is 3.53. The SMILES string of the molecule is CC(C)c1cc(N(C=N)C=N)ccc1F. The van der Waals surface area contributed by atoms with Crippen molar-refractivity contribution in [1.82, 2.24) is 0 Å². The molecule has 4 heteroatoms. The Hall–Kier alpha value is -1.71. The van der Waals surface area contributed by atoms with Crippen molar-refractivity contribution in [2.45, 2.75) is 19.8 Å². The number of halogens is 1. The van der Waals surface area contributed by atoms with Crippen molar-refractivity contribution in [2.24, 2.45) is 0 Å². The van der Waals surface area contributed by atoms with Crippen LogP contribution in [-0.2, 0) is 0 Å². The van der Waals surface area contributed by atoms with Crippen LogP contribution in [0.25, 0.3) is 0 Å². The quantitative estimate of drug-likeness (QED) is 0.578. The maximum absolute atomic E-state index is 13.4. The van der Waals surface area contributed by atoms with E-state index in [0.29, 0.717) is 11.3 Å². The van der Waals surface area contributed by atoms with Crippen LogP contribution in [0.5, 0.6) is 0 Å². The minimum absolute atomic E-state index is 0.0864. The lowest BCUT2D eigenvalue weighted by atomic mass is 10.0. The Labute approximate surface area is 88.6 Å². The first-order valence-electron chi connectivity index (χ1n) is 4.69. The Morgan fingerprint density at radius 2 is 1.87 bits per heavy atom. The van der Waals surface area contributed by atoms with E-state index in [9.17, 15) is 4.39 Å². The summed E-state index contributed by atoms with van der Waals surface area (Å²) in [7, 11) is 0. The van der Waals surface area contributed by atoms with E-state index < -0.39 is 0 Å². The summed E-state index contributed by atoms with van der Waals surface area (Å²) in [6.45, 7) is 3.81. The molecular formula is C11H14FN3. The van der Waals surface area contributed by atoms with Crippen LogP contribution in [0.15, 0.2) is 18.2 Å². The molecule has 0 aliphatic heterocycles. The largest absolute Gasteiger partial charge is 0.292 e. The molecule has 0 bridgehead atoms. The van der Waals surface area contributed by atoms with Gasteiger partial charge in [-0.1, -0.05) is 13.8 Å². The van der Waals surface area contributed by atoms with Gasteiger partial charge in [-0.25, -0.2) is 4.39 Å². The molecule has 0 heterocycles. The molecule has 80 valence electrons. The average molecular weight is 207 g/mol. The van der Waals surface area contributed by atoms with Crippen molar-refractivity contribution in [3.8, 4) is 0 Å². The summed E-state index contributed by atoms with van der Waals surface area (Å²) in [5.74, 6) is -0.160. The molecule has 15 heavy (non-hydrogen) atoms. The van der Waals surface area contributed by atoms with E-state index in [1.165, 1.54) is 11.0 Å². The minimum Gasteiger partial charge on any atom is -0.292 e. The van der Waals surface area contributed by atoms with E-state index in [-0.39, 0.29) is 11.7 Å². The number of benzene rings is 1. The zero-order valence-corrected chi connectivity index (χ0v) is 8.79. The lowest BCUT2D eigenvalue weighted by Crippen LogP contribution is -2.17. The molecule has 0 saturated carbocycles. The molecule has 0 radical (unpaired) electrons. The van der Waals surface area contributed by atoms with Crippen LogP contribution < -0.4 is 4.90 Å². The predicted molar refractivity (Wildman–Crippen MR) is 60.5 cm³/mol. The summed E-state index contributed by atoms with van der Waals surface area (Å²) in [5.41, 5.74) is 1.23. The van der Waals surface area contributed by atoms with Gasteiger partial charge in [-0.15, -0.1) is 0 Å². The smallest absolute Gasteiger partial charge is 0.126 e. The summed E-state index contributed by atoms with van der Waals surface area (Å²) >= 11 is 0. The molecule has 0 spiro atoms. The van der Waals surface area contributed by atoms with E-state index >= 15 is 0 Å². The van der Waals surface area contributed by atoms with Crippen LogP contribution in [0.3, 0.4) is 0 Å². The van der Waals surface area contributed by atoms with Gasteiger partial charge >= 0.3 is 0 Å². The molecule has 1 aromatic rings. The van der Waals surface area contributed by atoms with Gasteiger partial charge in [0.25, 0.3) is 0 Å². The van der Waals surface area contributed by atoms with Gasteiger partial charge in [0, 0.05) is 5.69 Å². The van der Waals surface area contributed by atoms with Crippen LogP contribution in [0.4, 0.5) is 10.1 Å². The standard InChI is InChI=1S/C11H14FN3/c1-8(2)10-5-9(3-4-11(10)12)15(6-13)7-14/h3-8,13-14H,1-2H3. The van der Waals surface area contributed by atoms with Crippen molar-refractivity contribution >= 4 is 18.4 Å². The lowest BCUT2D eigenvalue weighted by Gasteiger charge is -2.15. The Balaban J connectivity index is 3.17. The van der Waals surface area contributed by atoms with Gasteiger partial charge in [-0.05, 0) is 29.7 Å². The van der Waals surface area contributed by atoms with Crippen molar-refractivity contribution in [3.05, 3.63) is 29.6 Å². The Kier molecular flexibility index (Phi) is 3.55. The van der Waals surface area contributed by atoms with Gasteiger partial charge in [-0.2, -0.15) is 0 Å². The average Bonchev–Trinajstić information content (AvgIpc) is 2.21. The zero-order chi connectivity index (χ0) is 11.4. The maximum atomic E-state index is 13.4. The van der Waals surface area contributed by atoms with Crippen LogP contribution in [-0.4, -0.2) is 12.7 Å². The summed E-state index contributed by atoms with van der Waals surface area (Å²) < 4.78 is 13.4. The number of hydrogen-bond acceptors (Lipinski definition) is 2. The van der Waals surface area contributed by atoms with Crippen molar-refractivity contribution in [2.75, 3.05) is 4.90 Å². The van der Waals surface area contributed by atoms with Crippen LogP contribution >= 0.6 is 0 Å². The summed E-state index contributed by atoms with van der Waals surface area (Å²) in [6.07, 6.45) is 2.04. The van der Waals surface area contributed by atoms with Gasteiger partial charge < -0.3 is 0 Å². The number of nitrogens with zero attached hydrogens (tertiary/aromatic N) is 1. The third-order valence-electron chi connectivity index (χ3n) is 2.18. The number of anilines is 1. The minimum atomic E-state index is -0.247. The van der Waals surface area contributed by atoms with Crippen molar-refractivity contribution in [3.63, 3.8) is 0 Å². The highest BCUT2D eigenvalue weighted by Gasteiger charge is 2.09. The van der Waals surface area contributed by atoms with E-state index in [0.717, 1.165) is 12.7 Å². The number of rotatable bonds is 4.